The van der Waals surface area contributed by atoms with E-state index >= 15 is 0 Å². The topological polar surface area (TPSA) is 32.6 Å². The zero-order valence-electron chi connectivity index (χ0n) is 7.85. The smallest absolute Gasteiger partial charge is 0.280 e. The van der Waals surface area contributed by atoms with E-state index in [2.05, 4.69) is 5.16 Å². The van der Waals surface area contributed by atoms with E-state index in [9.17, 15) is 13.2 Å². The van der Waals surface area contributed by atoms with Crippen molar-refractivity contribution < 1.29 is 18.4 Å². The first-order chi connectivity index (χ1) is 6.66. The molecule has 14 heavy (non-hydrogen) atoms. The summed E-state index contributed by atoms with van der Waals surface area (Å²) in [5, 5.41) is 11.1. The SMILES string of the molecule is ON=C(C(F)F)C1(CF)CCCCC1. The minimum absolute atomic E-state index is 0.354. The van der Waals surface area contributed by atoms with Crippen LogP contribution in [-0.4, -0.2) is 24.0 Å². The van der Waals surface area contributed by atoms with Crippen molar-refractivity contribution in [2.75, 3.05) is 6.67 Å². The van der Waals surface area contributed by atoms with Crippen molar-refractivity contribution in [2.24, 2.45) is 10.6 Å². The molecule has 0 spiro atoms. The van der Waals surface area contributed by atoms with Gasteiger partial charge >= 0.3 is 0 Å². The number of hydrogen-bond donors (Lipinski definition) is 1. The van der Waals surface area contributed by atoms with E-state index in [1.165, 1.54) is 0 Å². The predicted octanol–water partition coefficient (Wildman–Crippen LogP) is 3.00. The number of hydrogen-bond acceptors (Lipinski definition) is 2. The Bertz CT molecular complexity index is 212. The fourth-order valence-corrected chi connectivity index (χ4v) is 2.07. The van der Waals surface area contributed by atoms with Crippen molar-refractivity contribution in [1.29, 1.82) is 0 Å². The molecule has 0 aromatic rings. The van der Waals surface area contributed by atoms with Crippen molar-refractivity contribution in [3.8, 4) is 0 Å². The zero-order chi connectivity index (χ0) is 10.6. The summed E-state index contributed by atoms with van der Waals surface area (Å²) < 4.78 is 37.7. The third-order valence-electron chi connectivity index (χ3n) is 2.92. The van der Waals surface area contributed by atoms with Crippen LogP contribution in [0.3, 0.4) is 0 Å². The van der Waals surface area contributed by atoms with Gasteiger partial charge in [-0.25, -0.2) is 8.78 Å². The van der Waals surface area contributed by atoms with Gasteiger partial charge in [0.15, 0.2) is 0 Å². The summed E-state index contributed by atoms with van der Waals surface area (Å²) in [5.41, 5.74) is -1.89. The van der Waals surface area contributed by atoms with Crippen LogP contribution in [0.15, 0.2) is 5.16 Å². The third-order valence-corrected chi connectivity index (χ3v) is 2.92. The maximum absolute atomic E-state index is 12.8. The highest BCUT2D eigenvalue weighted by Crippen LogP contribution is 2.39. The Morgan fingerprint density at radius 1 is 1.29 bits per heavy atom. The molecule has 0 aliphatic heterocycles. The molecule has 1 rings (SSSR count). The van der Waals surface area contributed by atoms with Gasteiger partial charge in [0.05, 0.1) is 0 Å². The highest BCUT2D eigenvalue weighted by Gasteiger charge is 2.42. The third kappa shape index (κ3) is 2.01. The number of alkyl halides is 3. The first-order valence-corrected chi connectivity index (χ1v) is 4.73. The largest absolute Gasteiger partial charge is 0.411 e. The Hall–Kier alpha value is -0.740. The van der Waals surface area contributed by atoms with Gasteiger partial charge in [-0.1, -0.05) is 24.4 Å². The van der Waals surface area contributed by atoms with Gasteiger partial charge in [0.2, 0.25) is 0 Å². The van der Waals surface area contributed by atoms with Gasteiger partial charge in [-0.3, -0.25) is 4.39 Å². The van der Waals surface area contributed by atoms with E-state index in [1.807, 2.05) is 0 Å². The highest BCUT2D eigenvalue weighted by atomic mass is 19.3. The predicted molar refractivity (Wildman–Crippen MR) is 46.7 cm³/mol. The van der Waals surface area contributed by atoms with Crippen LogP contribution in [0, 0.1) is 5.41 Å². The lowest BCUT2D eigenvalue weighted by Crippen LogP contribution is -2.39. The van der Waals surface area contributed by atoms with Crippen LogP contribution in [0.2, 0.25) is 0 Å². The standard InChI is InChI=1S/C9H14F3NO/c10-6-9(4-2-1-3-5-9)7(13-14)8(11)12/h8,14H,1-6H2. The van der Waals surface area contributed by atoms with E-state index in [-0.39, 0.29) is 0 Å². The summed E-state index contributed by atoms with van der Waals surface area (Å²) in [6, 6.07) is 0. The summed E-state index contributed by atoms with van der Waals surface area (Å²) >= 11 is 0. The highest BCUT2D eigenvalue weighted by molar-refractivity contribution is 5.92. The molecule has 2 nitrogen and oxygen atoms in total. The molecule has 1 N–H and O–H groups in total. The molecular weight excluding hydrogens is 195 g/mol. The molecule has 5 heteroatoms. The Morgan fingerprint density at radius 2 is 1.86 bits per heavy atom. The van der Waals surface area contributed by atoms with E-state index in [4.69, 9.17) is 5.21 Å². The molecule has 82 valence electrons. The van der Waals surface area contributed by atoms with E-state index < -0.39 is 24.2 Å². The average molecular weight is 209 g/mol. The van der Waals surface area contributed by atoms with E-state index in [0.717, 1.165) is 19.3 Å². The molecule has 0 bridgehead atoms. The van der Waals surface area contributed by atoms with Crippen molar-refractivity contribution in [3.05, 3.63) is 0 Å². The van der Waals surface area contributed by atoms with Crippen molar-refractivity contribution in [2.45, 2.75) is 38.5 Å². The molecule has 1 fully saturated rings. The van der Waals surface area contributed by atoms with Crippen LogP contribution in [0.1, 0.15) is 32.1 Å². The maximum atomic E-state index is 12.8. The van der Waals surface area contributed by atoms with Crippen LogP contribution in [0.4, 0.5) is 13.2 Å². The summed E-state index contributed by atoms with van der Waals surface area (Å²) in [6.07, 6.45) is 0.212. The van der Waals surface area contributed by atoms with Crippen LogP contribution >= 0.6 is 0 Å². The minimum atomic E-state index is -2.87. The van der Waals surface area contributed by atoms with Crippen molar-refractivity contribution >= 4 is 5.71 Å². The van der Waals surface area contributed by atoms with Gasteiger partial charge in [-0.15, -0.1) is 0 Å². The molecule has 0 saturated heterocycles. The van der Waals surface area contributed by atoms with Gasteiger partial charge in [0.1, 0.15) is 12.4 Å². The summed E-state index contributed by atoms with van der Waals surface area (Å²) in [7, 11) is 0. The van der Waals surface area contributed by atoms with Gasteiger partial charge in [0, 0.05) is 5.41 Å². The zero-order valence-corrected chi connectivity index (χ0v) is 7.85. The molecule has 1 aliphatic rings. The van der Waals surface area contributed by atoms with Crippen LogP contribution in [-0.2, 0) is 0 Å². The molecule has 0 unspecified atom stereocenters. The minimum Gasteiger partial charge on any atom is -0.411 e. The summed E-state index contributed by atoms with van der Waals surface area (Å²) in [5.74, 6) is 0. The molecule has 0 atom stereocenters. The normalized spacial score (nSPS) is 22.7. The fraction of sp³-hybridized carbons (Fsp3) is 0.889. The van der Waals surface area contributed by atoms with Crippen LogP contribution < -0.4 is 0 Å². The maximum Gasteiger partial charge on any atom is 0.280 e. The Labute approximate surface area is 80.8 Å². The second kappa shape index (κ2) is 4.66. The molecule has 0 heterocycles. The van der Waals surface area contributed by atoms with Gasteiger partial charge in [-0.2, -0.15) is 0 Å². The van der Waals surface area contributed by atoms with Crippen molar-refractivity contribution in [3.63, 3.8) is 0 Å². The van der Waals surface area contributed by atoms with Crippen molar-refractivity contribution in [1.82, 2.24) is 0 Å². The second-order valence-corrected chi connectivity index (χ2v) is 3.76. The summed E-state index contributed by atoms with van der Waals surface area (Å²) in [6.45, 7) is -0.864. The Kier molecular flexibility index (Phi) is 3.77. The lowest BCUT2D eigenvalue weighted by Gasteiger charge is -2.34. The van der Waals surface area contributed by atoms with Gasteiger partial charge in [0.25, 0.3) is 6.43 Å². The first kappa shape index (κ1) is 11.3. The number of halogens is 3. The van der Waals surface area contributed by atoms with E-state index in [0.29, 0.717) is 12.8 Å². The molecule has 1 aliphatic carbocycles. The molecular formula is C9H14F3NO. The second-order valence-electron chi connectivity index (χ2n) is 3.76. The van der Waals surface area contributed by atoms with Gasteiger partial charge < -0.3 is 5.21 Å². The lowest BCUT2D eigenvalue weighted by molar-refractivity contribution is 0.151. The lowest BCUT2D eigenvalue weighted by atomic mass is 9.71. The monoisotopic (exact) mass is 209 g/mol. The molecule has 0 radical (unpaired) electrons. The summed E-state index contributed by atoms with van der Waals surface area (Å²) in [4.78, 5) is 0. The van der Waals surface area contributed by atoms with E-state index in [1.54, 1.807) is 0 Å². The van der Waals surface area contributed by atoms with Crippen LogP contribution in [0.25, 0.3) is 0 Å². The number of nitrogens with zero attached hydrogens (tertiary/aromatic N) is 1. The average Bonchev–Trinajstić information content (AvgIpc) is 2.19. The van der Waals surface area contributed by atoms with Crippen LogP contribution in [0.5, 0.6) is 0 Å². The molecule has 0 amide bonds. The van der Waals surface area contributed by atoms with Gasteiger partial charge in [-0.05, 0) is 12.8 Å². The first-order valence-electron chi connectivity index (χ1n) is 4.73. The number of oxime groups is 1. The Balaban J connectivity index is 2.86. The molecule has 0 aromatic carbocycles. The molecule has 0 aromatic heterocycles. The molecule has 1 saturated carbocycles. The Morgan fingerprint density at radius 3 is 2.21 bits per heavy atom. The fourth-order valence-electron chi connectivity index (χ4n) is 2.07. The number of rotatable bonds is 3. The quantitative estimate of drug-likeness (QED) is 0.432.